The minimum Gasteiger partial charge on any atom is -0.289 e. The molecule has 0 spiro atoms. The molecule has 1 nitrogen and oxygen atoms in total. The fraction of sp³-hybridized carbons (Fsp3) is 0.357. The van der Waals surface area contributed by atoms with E-state index in [2.05, 4.69) is 25.3 Å². The van der Waals surface area contributed by atoms with Crippen LogP contribution in [-0.4, -0.2) is 12.0 Å². The van der Waals surface area contributed by atoms with Crippen molar-refractivity contribution in [1.29, 1.82) is 0 Å². The molecule has 0 atom stereocenters. The SMILES string of the molecule is CCCCC1=Cc2cc(SC)ccc2C1=O. The molecule has 1 aliphatic rings. The van der Waals surface area contributed by atoms with E-state index in [1.165, 1.54) is 4.90 Å². The summed E-state index contributed by atoms with van der Waals surface area (Å²) in [4.78, 5) is 13.2. The first-order valence-corrected chi connectivity index (χ1v) is 6.92. The van der Waals surface area contributed by atoms with Gasteiger partial charge in [0.25, 0.3) is 0 Å². The van der Waals surface area contributed by atoms with Gasteiger partial charge in [-0.15, -0.1) is 11.8 Å². The van der Waals surface area contributed by atoms with Gasteiger partial charge < -0.3 is 0 Å². The van der Waals surface area contributed by atoms with Gasteiger partial charge >= 0.3 is 0 Å². The van der Waals surface area contributed by atoms with Crippen molar-refractivity contribution in [2.75, 3.05) is 6.26 Å². The molecule has 84 valence electrons. The van der Waals surface area contributed by atoms with Crippen LogP contribution < -0.4 is 0 Å². The highest BCUT2D eigenvalue weighted by atomic mass is 32.2. The lowest BCUT2D eigenvalue weighted by Gasteiger charge is -2.00. The summed E-state index contributed by atoms with van der Waals surface area (Å²) in [6, 6.07) is 6.09. The molecule has 0 aliphatic heterocycles. The predicted molar refractivity (Wildman–Crippen MR) is 70.1 cm³/mol. The van der Waals surface area contributed by atoms with E-state index >= 15 is 0 Å². The molecule has 0 saturated carbocycles. The average molecular weight is 232 g/mol. The van der Waals surface area contributed by atoms with Gasteiger partial charge in [-0.1, -0.05) is 13.3 Å². The van der Waals surface area contributed by atoms with E-state index in [-0.39, 0.29) is 5.78 Å². The lowest BCUT2D eigenvalue weighted by Crippen LogP contribution is -1.98. The van der Waals surface area contributed by atoms with Crippen LogP contribution in [-0.2, 0) is 0 Å². The number of thioether (sulfide) groups is 1. The number of Topliss-reactive ketones (excluding diaryl/α,β-unsaturated/α-hetero) is 1. The normalized spacial score (nSPS) is 13.9. The van der Waals surface area contributed by atoms with Crippen LogP contribution in [0.15, 0.2) is 28.7 Å². The molecule has 0 unspecified atom stereocenters. The molecule has 2 heteroatoms. The first-order chi connectivity index (χ1) is 7.76. The predicted octanol–water partition coefficient (Wildman–Crippen LogP) is 4.18. The molecule has 1 aliphatic carbocycles. The lowest BCUT2D eigenvalue weighted by molar-refractivity contribution is 0.103. The van der Waals surface area contributed by atoms with Crippen molar-refractivity contribution >= 4 is 23.6 Å². The van der Waals surface area contributed by atoms with E-state index in [9.17, 15) is 4.79 Å². The fourth-order valence-corrected chi connectivity index (χ4v) is 2.42. The topological polar surface area (TPSA) is 17.1 Å². The number of hydrogen-bond donors (Lipinski definition) is 0. The summed E-state index contributed by atoms with van der Waals surface area (Å²) in [6.07, 6.45) is 7.27. The number of unbranched alkanes of at least 4 members (excludes halogenated alkanes) is 1. The third-order valence-electron chi connectivity index (χ3n) is 2.92. The summed E-state index contributed by atoms with van der Waals surface area (Å²) >= 11 is 1.71. The number of fused-ring (bicyclic) bond motifs is 1. The van der Waals surface area contributed by atoms with E-state index in [0.717, 1.165) is 36.0 Å². The van der Waals surface area contributed by atoms with Gasteiger partial charge in [0, 0.05) is 16.0 Å². The van der Waals surface area contributed by atoms with E-state index in [1.807, 2.05) is 12.1 Å². The Hall–Kier alpha value is -1.02. The molecular weight excluding hydrogens is 216 g/mol. The molecule has 0 fully saturated rings. The molecule has 0 aromatic heterocycles. The summed E-state index contributed by atoms with van der Waals surface area (Å²) in [5.41, 5.74) is 2.96. The van der Waals surface area contributed by atoms with Crippen molar-refractivity contribution in [3.05, 3.63) is 34.9 Å². The maximum Gasteiger partial charge on any atom is 0.189 e. The molecule has 1 aromatic rings. The Kier molecular flexibility index (Phi) is 3.49. The van der Waals surface area contributed by atoms with Crippen LogP contribution in [0.1, 0.15) is 42.1 Å². The van der Waals surface area contributed by atoms with Gasteiger partial charge in [-0.2, -0.15) is 0 Å². The summed E-state index contributed by atoms with van der Waals surface area (Å²) in [6.45, 7) is 2.15. The molecule has 0 amide bonds. The second-order valence-electron chi connectivity index (χ2n) is 4.06. The minimum absolute atomic E-state index is 0.233. The smallest absolute Gasteiger partial charge is 0.189 e. The Labute approximate surface area is 101 Å². The number of ketones is 1. The number of benzene rings is 1. The maximum atomic E-state index is 12.0. The molecule has 0 N–H and O–H groups in total. The van der Waals surface area contributed by atoms with Crippen molar-refractivity contribution < 1.29 is 4.79 Å². The van der Waals surface area contributed by atoms with Gasteiger partial charge in [-0.05, 0) is 48.9 Å². The third kappa shape index (κ3) is 2.07. The average Bonchev–Trinajstić information content (AvgIpc) is 2.63. The van der Waals surface area contributed by atoms with E-state index in [0.29, 0.717) is 0 Å². The maximum absolute atomic E-state index is 12.0. The molecule has 0 heterocycles. The fourth-order valence-electron chi connectivity index (χ4n) is 1.97. The van der Waals surface area contributed by atoms with Gasteiger partial charge in [-0.25, -0.2) is 0 Å². The van der Waals surface area contributed by atoms with Gasteiger partial charge in [0.2, 0.25) is 0 Å². The third-order valence-corrected chi connectivity index (χ3v) is 3.65. The summed E-state index contributed by atoms with van der Waals surface area (Å²) in [5.74, 6) is 0.233. The van der Waals surface area contributed by atoms with Crippen molar-refractivity contribution in [3.8, 4) is 0 Å². The van der Waals surface area contributed by atoms with E-state index in [4.69, 9.17) is 0 Å². The Morgan fingerprint density at radius 3 is 2.81 bits per heavy atom. The minimum atomic E-state index is 0.233. The van der Waals surface area contributed by atoms with E-state index in [1.54, 1.807) is 11.8 Å². The molecular formula is C14H16OS. The zero-order valence-electron chi connectivity index (χ0n) is 9.75. The quantitative estimate of drug-likeness (QED) is 0.724. The highest BCUT2D eigenvalue weighted by Gasteiger charge is 2.21. The highest BCUT2D eigenvalue weighted by Crippen LogP contribution is 2.30. The molecule has 1 aromatic carbocycles. The van der Waals surface area contributed by atoms with Gasteiger partial charge in [0.05, 0.1) is 0 Å². The van der Waals surface area contributed by atoms with Crippen LogP contribution >= 0.6 is 11.8 Å². The molecule has 0 saturated heterocycles. The van der Waals surface area contributed by atoms with Crippen molar-refractivity contribution in [2.24, 2.45) is 0 Å². The van der Waals surface area contributed by atoms with Gasteiger partial charge in [0.15, 0.2) is 5.78 Å². The van der Waals surface area contributed by atoms with Crippen LogP contribution in [0.5, 0.6) is 0 Å². The highest BCUT2D eigenvalue weighted by molar-refractivity contribution is 7.98. The Morgan fingerprint density at radius 2 is 2.12 bits per heavy atom. The van der Waals surface area contributed by atoms with Crippen molar-refractivity contribution in [1.82, 2.24) is 0 Å². The van der Waals surface area contributed by atoms with Crippen LogP contribution in [0.2, 0.25) is 0 Å². The van der Waals surface area contributed by atoms with Crippen LogP contribution in [0.25, 0.3) is 6.08 Å². The number of hydrogen-bond acceptors (Lipinski definition) is 2. The number of carbonyl (C=O) groups excluding carboxylic acids is 1. The molecule has 0 radical (unpaired) electrons. The zero-order valence-corrected chi connectivity index (χ0v) is 10.6. The summed E-state index contributed by atoms with van der Waals surface area (Å²) < 4.78 is 0. The first-order valence-electron chi connectivity index (χ1n) is 5.69. The van der Waals surface area contributed by atoms with Gasteiger partial charge in [-0.3, -0.25) is 4.79 Å². The Bertz CT molecular complexity index is 446. The number of allylic oxidation sites excluding steroid dienone is 1. The second-order valence-corrected chi connectivity index (χ2v) is 4.94. The molecule has 0 bridgehead atoms. The standard InChI is InChI=1S/C14H16OS/c1-3-4-5-10-8-11-9-12(16-2)6-7-13(11)14(10)15/h6-9H,3-5H2,1-2H3. The molecule has 16 heavy (non-hydrogen) atoms. The number of rotatable bonds is 4. The zero-order chi connectivity index (χ0) is 11.5. The van der Waals surface area contributed by atoms with Crippen LogP contribution in [0, 0.1) is 0 Å². The lowest BCUT2D eigenvalue weighted by atomic mass is 10.0. The monoisotopic (exact) mass is 232 g/mol. The first kappa shape index (κ1) is 11.5. The largest absolute Gasteiger partial charge is 0.289 e. The van der Waals surface area contributed by atoms with Crippen LogP contribution in [0.4, 0.5) is 0 Å². The molecule has 2 rings (SSSR count). The Balaban J connectivity index is 2.27. The number of carbonyl (C=O) groups is 1. The summed E-state index contributed by atoms with van der Waals surface area (Å²) in [7, 11) is 0. The van der Waals surface area contributed by atoms with Crippen LogP contribution in [0.3, 0.4) is 0 Å². The second kappa shape index (κ2) is 4.88. The van der Waals surface area contributed by atoms with Crippen molar-refractivity contribution in [2.45, 2.75) is 31.1 Å². The van der Waals surface area contributed by atoms with Crippen molar-refractivity contribution in [3.63, 3.8) is 0 Å². The Morgan fingerprint density at radius 1 is 1.31 bits per heavy atom. The van der Waals surface area contributed by atoms with Gasteiger partial charge in [0.1, 0.15) is 0 Å². The van der Waals surface area contributed by atoms with E-state index < -0.39 is 0 Å². The summed E-state index contributed by atoms with van der Waals surface area (Å²) in [5, 5.41) is 0.